The van der Waals surface area contributed by atoms with Gasteiger partial charge in [-0.2, -0.15) is 4.98 Å². The van der Waals surface area contributed by atoms with Gasteiger partial charge in [0.25, 0.3) is 5.89 Å². The van der Waals surface area contributed by atoms with Crippen molar-refractivity contribution in [3.05, 3.63) is 57.9 Å². The van der Waals surface area contributed by atoms with Crippen LogP contribution in [0.5, 0.6) is 0 Å². The van der Waals surface area contributed by atoms with E-state index in [1.54, 1.807) is 45.0 Å². The zero-order valence-corrected chi connectivity index (χ0v) is 14.3. The van der Waals surface area contributed by atoms with E-state index in [0.717, 1.165) is 11.1 Å². The molecule has 6 heteroatoms. The van der Waals surface area contributed by atoms with Gasteiger partial charge < -0.3 is 9.63 Å². The molecule has 0 bridgehead atoms. The van der Waals surface area contributed by atoms with Gasteiger partial charge in [0.05, 0.1) is 11.1 Å². The maximum atomic E-state index is 14.4. The Morgan fingerprint density at radius 1 is 1.04 bits per heavy atom. The number of halogens is 1. The molecule has 0 atom stereocenters. The van der Waals surface area contributed by atoms with Gasteiger partial charge in [0, 0.05) is 5.56 Å². The van der Waals surface area contributed by atoms with Crippen molar-refractivity contribution in [3.63, 3.8) is 0 Å². The molecule has 1 aromatic heterocycles. The van der Waals surface area contributed by atoms with Crippen LogP contribution >= 0.6 is 0 Å². The van der Waals surface area contributed by atoms with E-state index in [9.17, 15) is 14.3 Å². The first-order valence-corrected chi connectivity index (χ1v) is 7.73. The number of aryl methyl sites for hydroxylation is 3. The largest absolute Gasteiger partial charge is 0.478 e. The average molecular weight is 340 g/mol. The molecule has 0 saturated carbocycles. The molecule has 0 aliphatic rings. The van der Waals surface area contributed by atoms with Crippen molar-refractivity contribution >= 4 is 5.97 Å². The van der Waals surface area contributed by atoms with E-state index < -0.39 is 11.8 Å². The number of carbonyl (C=O) groups is 1. The summed E-state index contributed by atoms with van der Waals surface area (Å²) >= 11 is 0. The zero-order chi connectivity index (χ0) is 18.3. The van der Waals surface area contributed by atoms with Gasteiger partial charge in [0.15, 0.2) is 0 Å². The number of hydrogen-bond acceptors (Lipinski definition) is 4. The molecule has 0 unspecified atom stereocenters. The van der Waals surface area contributed by atoms with E-state index in [4.69, 9.17) is 4.52 Å². The number of aromatic nitrogens is 2. The van der Waals surface area contributed by atoms with E-state index in [-0.39, 0.29) is 22.8 Å². The first-order valence-electron chi connectivity index (χ1n) is 7.73. The first-order chi connectivity index (χ1) is 11.8. The topological polar surface area (TPSA) is 76.2 Å². The second-order valence-electron chi connectivity index (χ2n) is 6.16. The van der Waals surface area contributed by atoms with E-state index in [1.165, 1.54) is 0 Å². The minimum atomic E-state index is -1.02. The molecule has 0 amide bonds. The summed E-state index contributed by atoms with van der Waals surface area (Å²) in [5, 5.41) is 13.2. The van der Waals surface area contributed by atoms with Crippen molar-refractivity contribution in [2.45, 2.75) is 27.7 Å². The van der Waals surface area contributed by atoms with Crippen LogP contribution in [0.1, 0.15) is 32.6 Å². The van der Waals surface area contributed by atoms with Crippen LogP contribution in [-0.4, -0.2) is 21.2 Å². The molecule has 0 aliphatic heterocycles. The van der Waals surface area contributed by atoms with Gasteiger partial charge in [0.1, 0.15) is 5.82 Å². The van der Waals surface area contributed by atoms with E-state index in [1.807, 2.05) is 6.92 Å². The molecule has 5 nitrogen and oxygen atoms in total. The highest BCUT2D eigenvalue weighted by Gasteiger charge is 2.20. The monoisotopic (exact) mass is 340 g/mol. The standard InChI is InChI=1S/C19H17FN2O3/c1-9-5-11(3)16(20)15(8-9)18-21-17(22-25-18)13-6-10(2)7-14(12(13)4)19(23)24/h5-8H,1-4H3,(H,23,24). The van der Waals surface area contributed by atoms with Crippen LogP contribution in [0.4, 0.5) is 4.39 Å². The molecule has 2 aromatic carbocycles. The van der Waals surface area contributed by atoms with Crippen molar-refractivity contribution in [1.82, 2.24) is 10.1 Å². The third kappa shape index (κ3) is 3.03. The molecular weight excluding hydrogens is 323 g/mol. The normalized spacial score (nSPS) is 10.9. The number of hydrogen-bond donors (Lipinski definition) is 1. The van der Waals surface area contributed by atoms with Gasteiger partial charge in [0.2, 0.25) is 5.82 Å². The molecular formula is C19H17FN2O3. The fourth-order valence-corrected chi connectivity index (χ4v) is 2.86. The third-order valence-corrected chi connectivity index (χ3v) is 4.08. The Morgan fingerprint density at radius 2 is 1.68 bits per heavy atom. The fourth-order valence-electron chi connectivity index (χ4n) is 2.86. The SMILES string of the molecule is Cc1cc(C(=O)O)c(C)c(-c2noc(-c3cc(C)cc(C)c3F)n2)c1. The second kappa shape index (κ2) is 6.12. The molecule has 3 rings (SSSR count). The molecule has 0 aliphatic carbocycles. The van der Waals surface area contributed by atoms with Crippen molar-refractivity contribution in [2.24, 2.45) is 0 Å². The smallest absolute Gasteiger partial charge is 0.335 e. The summed E-state index contributed by atoms with van der Waals surface area (Å²) in [6, 6.07) is 6.76. The number of benzene rings is 2. The Kier molecular flexibility index (Phi) is 4.12. The highest BCUT2D eigenvalue weighted by atomic mass is 19.1. The Balaban J connectivity index is 2.14. The molecule has 0 spiro atoms. The van der Waals surface area contributed by atoms with Crippen LogP contribution in [0.25, 0.3) is 22.8 Å². The minimum absolute atomic E-state index is 0.0667. The first kappa shape index (κ1) is 16.8. The van der Waals surface area contributed by atoms with Gasteiger partial charge in [-0.25, -0.2) is 9.18 Å². The highest BCUT2D eigenvalue weighted by molar-refractivity contribution is 5.92. The van der Waals surface area contributed by atoms with Crippen LogP contribution in [0, 0.1) is 33.5 Å². The summed E-state index contributed by atoms with van der Waals surface area (Å²) in [7, 11) is 0. The van der Waals surface area contributed by atoms with Crippen LogP contribution in [0.2, 0.25) is 0 Å². The highest BCUT2D eigenvalue weighted by Crippen LogP contribution is 2.30. The molecule has 0 radical (unpaired) electrons. The summed E-state index contributed by atoms with van der Waals surface area (Å²) in [6.45, 7) is 7.01. The van der Waals surface area contributed by atoms with Crippen molar-refractivity contribution in [1.29, 1.82) is 0 Å². The average Bonchev–Trinajstić information content (AvgIpc) is 3.02. The number of rotatable bonds is 3. The molecule has 25 heavy (non-hydrogen) atoms. The number of aromatic carboxylic acids is 1. The van der Waals surface area contributed by atoms with Gasteiger partial charge in [-0.3, -0.25) is 0 Å². The summed E-state index contributed by atoms with van der Waals surface area (Å²) in [4.78, 5) is 15.7. The maximum Gasteiger partial charge on any atom is 0.335 e. The lowest BCUT2D eigenvalue weighted by atomic mass is 9.99. The Labute approximate surface area is 144 Å². The second-order valence-corrected chi connectivity index (χ2v) is 6.16. The fraction of sp³-hybridized carbons (Fsp3) is 0.211. The molecule has 1 heterocycles. The Bertz CT molecular complexity index is 993. The summed E-state index contributed by atoms with van der Waals surface area (Å²) in [5.74, 6) is -1.13. The van der Waals surface area contributed by atoms with Crippen LogP contribution < -0.4 is 0 Å². The summed E-state index contributed by atoms with van der Waals surface area (Å²) in [5.41, 5.74) is 3.65. The number of carboxylic acid groups (broad SMARTS) is 1. The van der Waals surface area contributed by atoms with Crippen molar-refractivity contribution < 1.29 is 18.8 Å². The lowest BCUT2D eigenvalue weighted by molar-refractivity contribution is 0.0696. The van der Waals surface area contributed by atoms with Gasteiger partial charge >= 0.3 is 5.97 Å². The molecule has 1 N–H and O–H groups in total. The minimum Gasteiger partial charge on any atom is -0.478 e. The van der Waals surface area contributed by atoms with Gasteiger partial charge in [-0.05, 0) is 68.1 Å². The van der Waals surface area contributed by atoms with Crippen LogP contribution in [-0.2, 0) is 0 Å². The molecule has 0 fully saturated rings. The lowest BCUT2D eigenvalue weighted by Crippen LogP contribution is -2.02. The van der Waals surface area contributed by atoms with E-state index in [2.05, 4.69) is 10.1 Å². The van der Waals surface area contributed by atoms with Crippen LogP contribution in [0.3, 0.4) is 0 Å². The lowest BCUT2D eigenvalue weighted by Gasteiger charge is -2.07. The summed E-state index contributed by atoms with van der Waals surface area (Å²) < 4.78 is 19.6. The summed E-state index contributed by atoms with van der Waals surface area (Å²) in [6.07, 6.45) is 0. The van der Waals surface area contributed by atoms with Crippen molar-refractivity contribution in [3.8, 4) is 22.8 Å². The molecule has 3 aromatic rings. The van der Waals surface area contributed by atoms with Crippen molar-refractivity contribution in [2.75, 3.05) is 0 Å². The molecule has 128 valence electrons. The van der Waals surface area contributed by atoms with Crippen LogP contribution in [0.15, 0.2) is 28.8 Å². The zero-order valence-electron chi connectivity index (χ0n) is 14.3. The third-order valence-electron chi connectivity index (χ3n) is 4.08. The Morgan fingerprint density at radius 3 is 2.36 bits per heavy atom. The number of nitrogens with zero attached hydrogens (tertiary/aromatic N) is 2. The van der Waals surface area contributed by atoms with E-state index >= 15 is 0 Å². The predicted octanol–water partition coefficient (Wildman–Crippen LogP) is 4.47. The maximum absolute atomic E-state index is 14.4. The van der Waals surface area contributed by atoms with Gasteiger partial charge in [-0.1, -0.05) is 11.2 Å². The number of carboxylic acids is 1. The van der Waals surface area contributed by atoms with Gasteiger partial charge in [-0.15, -0.1) is 0 Å². The predicted molar refractivity (Wildman–Crippen MR) is 91.0 cm³/mol. The van der Waals surface area contributed by atoms with E-state index in [0.29, 0.717) is 16.7 Å². The Hall–Kier alpha value is -3.02. The molecule has 0 saturated heterocycles. The quantitative estimate of drug-likeness (QED) is 0.761.